The number of likely N-dealkylation sites (N-methyl/N-ethyl adjacent to an activating group) is 1. The van der Waals surface area contributed by atoms with Crippen LogP contribution < -0.4 is 10.4 Å². The summed E-state index contributed by atoms with van der Waals surface area (Å²) in [6.45, 7) is 12.4. The van der Waals surface area contributed by atoms with Crippen molar-refractivity contribution in [3.63, 3.8) is 0 Å². The number of anilines is 1. The van der Waals surface area contributed by atoms with Crippen LogP contribution in [-0.4, -0.2) is 67.9 Å². The maximum Gasteiger partial charge on any atom is 0.406 e. The Labute approximate surface area is 226 Å². The molecule has 1 unspecified atom stereocenters. The van der Waals surface area contributed by atoms with Gasteiger partial charge in [-0.1, -0.05) is 32.4 Å². The van der Waals surface area contributed by atoms with E-state index >= 15 is 0 Å². The molecule has 0 fully saturated rings. The summed E-state index contributed by atoms with van der Waals surface area (Å²) in [6, 6.07) is 7.20. The summed E-state index contributed by atoms with van der Waals surface area (Å²) in [4.78, 5) is 18.7. The van der Waals surface area contributed by atoms with Gasteiger partial charge in [-0.25, -0.2) is 9.65 Å². The number of ether oxygens (including phenoxy) is 1. The summed E-state index contributed by atoms with van der Waals surface area (Å²) in [7, 11) is -2.37. The lowest BCUT2D eigenvalue weighted by Crippen LogP contribution is -2.41. The van der Waals surface area contributed by atoms with E-state index in [9.17, 15) is 9.36 Å². The van der Waals surface area contributed by atoms with E-state index in [1.165, 1.54) is 7.11 Å². The van der Waals surface area contributed by atoms with Crippen LogP contribution in [-0.2, 0) is 23.1 Å². The molecule has 2 rings (SSSR count). The minimum absolute atomic E-state index is 0.143. The summed E-state index contributed by atoms with van der Waals surface area (Å²) in [5.41, 5.74) is 1.91. The van der Waals surface area contributed by atoms with Crippen molar-refractivity contribution in [3.05, 3.63) is 35.5 Å². The highest BCUT2D eigenvalue weighted by molar-refractivity contribution is 7.51. The summed E-state index contributed by atoms with van der Waals surface area (Å²) in [6.07, 6.45) is 3.75. The lowest BCUT2D eigenvalue weighted by molar-refractivity contribution is -0.143. The number of nitrogens with one attached hydrogen (secondary N) is 2. The number of hydrogen-bond acceptors (Lipinski definition) is 8. The van der Waals surface area contributed by atoms with Crippen molar-refractivity contribution in [1.82, 2.24) is 15.0 Å². The molecular formula is C26H42ClN4O5P. The van der Waals surface area contributed by atoms with Crippen LogP contribution >= 0.6 is 19.3 Å². The molecule has 0 aliphatic rings. The van der Waals surface area contributed by atoms with Crippen molar-refractivity contribution in [3.8, 4) is 0 Å². The van der Waals surface area contributed by atoms with Gasteiger partial charge in [-0.3, -0.25) is 18.8 Å². The average molecular weight is 557 g/mol. The predicted molar refractivity (Wildman–Crippen MR) is 150 cm³/mol. The van der Waals surface area contributed by atoms with Crippen LogP contribution in [0.3, 0.4) is 0 Å². The number of rotatable bonds is 17. The van der Waals surface area contributed by atoms with Gasteiger partial charge in [-0.15, -0.1) is 0 Å². The number of nitrogens with zero attached hydrogens (tertiary/aromatic N) is 2. The van der Waals surface area contributed by atoms with Crippen LogP contribution in [0.25, 0.3) is 10.9 Å². The number of pyridine rings is 1. The molecule has 11 heteroatoms. The topological polar surface area (TPSA) is 102 Å². The molecule has 0 aliphatic heterocycles. The van der Waals surface area contributed by atoms with Crippen molar-refractivity contribution in [2.45, 2.75) is 59.5 Å². The summed E-state index contributed by atoms with van der Waals surface area (Å²) >= 11 is 6.10. The number of benzene rings is 1. The average Bonchev–Trinajstić information content (AvgIpc) is 2.86. The van der Waals surface area contributed by atoms with Crippen LogP contribution in [0.2, 0.25) is 5.02 Å². The molecule has 0 radical (unpaired) electrons. The first kappa shape index (κ1) is 31.5. The summed E-state index contributed by atoms with van der Waals surface area (Å²) in [5, 5.41) is 8.08. The maximum absolute atomic E-state index is 13.2. The van der Waals surface area contributed by atoms with Crippen LogP contribution in [0.15, 0.2) is 30.5 Å². The van der Waals surface area contributed by atoms with Crippen LogP contribution in [0.1, 0.15) is 47.5 Å². The van der Waals surface area contributed by atoms with Gasteiger partial charge in [0.05, 0.1) is 25.8 Å². The molecule has 2 aromatic rings. The Morgan fingerprint density at radius 3 is 2.57 bits per heavy atom. The zero-order valence-electron chi connectivity index (χ0n) is 22.8. The molecule has 1 aromatic carbocycles. The van der Waals surface area contributed by atoms with Crippen molar-refractivity contribution < 1.29 is 23.1 Å². The molecule has 0 aliphatic carbocycles. The highest BCUT2D eigenvalue weighted by Gasteiger charge is 2.34. The molecule has 1 aromatic heterocycles. The van der Waals surface area contributed by atoms with Crippen molar-refractivity contribution in [1.29, 1.82) is 0 Å². The fourth-order valence-electron chi connectivity index (χ4n) is 3.98. The zero-order chi connectivity index (χ0) is 27.4. The van der Waals surface area contributed by atoms with E-state index in [2.05, 4.69) is 34.1 Å². The largest absolute Gasteiger partial charge is 0.468 e. The summed E-state index contributed by atoms with van der Waals surface area (Å²) < 4.78 is 29.1. The molecule has 2 N–H and O–H groups in total. The van der Waals surface area contributed by atoms with Gasteiger partial charge in [0.25, 0.3) is 0 Å². The number of fused-ring (bicyclic) bond motifs is 1. The molecule has 0 amide bonds. The van der Waals surface area contributed by atoms with Crippen LogP contribution in [0, 0.1) is 5.92 Å². The fourth-order valence-corrected chi connectivity index (χ4v) is 5.77. The Balaban J connectivity index is 1.84. The molecule has 208 valence electrons. The van der Waals surface area contributed by atoms with Crippen LogP contribution in [0.4, 0.5) is 5.69 Å². The Kier molecular flexibility index (Phi) is 13.3. The second-order valence-corrected chi connectivity index (χ2v) is 11.5. The minimum Gasteiger partial charge on any atom is -0.468 e. The van der Waals surface area contributed by atoms with E-state index in [1.54, 1.807) is 13.1 Å². The molecule has 37 heavy (non-hydrogen) atoms. The Morgan fingerprint density at radius 1 is 1.16 bits per heavy atom. The predicted octanol–water partition coefficient (Wildman–Crippen LogP) is 5.74. The number of aromatic nitrogens is 1. The maximum atomic E-state index is 13.2. The molecule has 0 saturated heterocycles. The number of carbonyl (C=O) groups excluding carboxylic acids is 1. The Hall–Kier alpha value is -1.74. The minimum atomic E-state index is -3.67. The smallest absolute Gasteiger partial charge is 0.406 e. The van der Waals surface area contributed by atoms with Gasteiger partial charge in [0.1, 0.15) is 6.04 Å². The van der Waals surface area contributed by atoms with Gasteiger partial charge >= 0.3 is 13.7 Å². The zero-order valence-corrected chi connectivity index (χ0v) is 24.5. The molecule has 1 heterocycles. The Morgan fingerprint density at radius 2 is 1.92 bits per heavy atom. The van der Waals surface area contributed by atoms with Crippen LogP contribution in [0.5, 0.6) is 0 Å². The van der Waals surface area contributed by atoms with E-state index in [0.717, 1.165) is 42.5 Å². The van der Waals surface area contributed by atoms with Gasteiger partial charge in [0.2, 0.25) is 0 Å². The molecular weight excluding hydrogens is 515 g/mol. The van der Waals surface area contributed by atoms with Gasteiger partial charge in [-0.2, -0.15) is 0 Å². The van der Waals surface area contributed by atoms with Gasteiger partial charge in [0, 0.05) is 34.9 Å². The number of methoxy groups -OCH3 is 1. The first-order valence-corrected chi connectivity index (χ1v) is 14.8. The van der Waals surface area contributed by atoms with E-state index in [0.29, 0.717) is 11.6 Å². The molecule has 0 spiro atoms. The standard InChI is InChI=1S/C26H42ClN4O5P/c1-7-31(16-17-36-37(33,35-8-2)30-25(19(3)4)26(32)34-6)15-9-10-20(5)29-23-13-14-28-24-18-21(27)11-12-22(23)24/h11-14,18-20,25H,7-10,15-17H2,1-6H3,(H,28,29)(H,30,33)/t20-,25+,37?/m1/s1. The van der Waals surface area contributed by atoms with E-state index < -0.39 is 19.8 Å². The highest BCUT2D eigenvalue weighted by atomic mass is 35.5. The SMILES string of the molecule is CCOP(=O)(N[C@H](C(=O)OC)C(C)C)OCCN(CC)CCC[C@@H](C)Nc1ccnc2cc(Cl)ccc12. The number of hydrogen-bond donors (Lipinski definition) is 2. The number of carbonyl (C=O) groups is 1. The lowest BCUT2D eigenvalue weighted by Gasteiger charge is -2.27. The second-order valence-electron chi connectivity index (χ2n) is 9.26. The van der Waals surface area contributed by atoms with Crippen molar-refractivity contribution in [2.24, 2.45) is 5.92 Å². The fraction of sp³-hybridized carbons (Fsp3) is 0.615. The van der Waals surface area contributed by atoms with Crippen molar-refractivity contribution in [2.75, 3.05) is 45.3 Å². The Bertz CT molecular complexity index is 1040. The van der Waals surface area contributed by atoms with Crippen molar-refractivity contribution >= 4 is 41.9 Å². The third-order valence-electron chi connectivity index (χ3n) is 6.05. The first-order chi connectivity index (χ1) is 17.6. The number of halogens is 1. The number of esters is 1. The van der Waals surface area contributed by atoms with Gasteiger partial charge in [0.15, 0.2) is 0 Å². The van der Waals surface area contributed by atoms with Gasteiger partial charge in [-0.05, 0) is 70.0 Å². The second kappa shape index (κ2) is 15.6. The third-order valence-corrected chi connectivity index (χ3v) is 8.00. The monoisotopic (exact) mass is 556 g/mol. The molecule has 3 atom stereocenters. The van der Waals surface area contributed by atoms with E-state index in [4.69, 9.17) is 25.4 Å². The van der Waals surface area contributed by atoms with E-state index in [-0.39, 0.29) is 25.2 Å². The third kappa shape index (κ3) is 10.2. The quantitative estimate of drug-likeness (QED) is 0.186. The first-order valence-electron chi connectivity index (χ1n) is 12.9. The lowest BCUT2D eigenvalue weighted by atomic mass is 10.1. The molecule has 9 nitrogen and oxygen atoms in total. The normalized spacial score (nSPS) is 15.1. The van der Waals surface area contributed by atoms with E-state index in [1.807, 2.05) is 38.1 Å². The molecule has 0 saturated carbocycles. The summed E-state index contributed by atoms with van der Waals surface area (Å²) in [5.74, 6) is -0.643. The molecule has 0 bridgehead atoms. The van der Waals surface area contributed by atoms with Gasteiger partial charge < -0.3 is 15.0 Å². The highest BCUT2D eigenvalue weighted by Crippen LogP contribution is 2.44.